The number of aromatic hydroxyl groups is 2. The molecule has 0 spiro atoms. The summed E-state index contributed by atoms with van der Waals surface area (Å²) in [6.45, 7) is 0. The number of hydrogen-bond donors (Lipinski definition) is 2. The van der Waals surface area contributed by atoms with Crippen LogP contribution in [0.3, 0.4) is 0 Å². The lowest BCUT2D eigenvalue weighted by molar-refractivity contribution is 0.487. The minimum atomic E-state index is 0.266. The molecule has 0 aliphatic heterocycles. The van der Waals surface area contributed by atoms with Gasteiger partial charge in [-0.3, -0.25) is 0 Å². The predicted molar refractivity (Wildman–Crippen MR) is 123 cm³/mol. The zero-order valence-corrected chi connectivity index (χ0v) is 17.1. The molecule has 2 nitrogen and oxygen atoms in total. The lowest BCUT2D eigenvalue weighted by atomic mass is 9.96. The van der Waals surface area contributed by atoms with Crippen LogP contribution in [0.4, 0.5) is 0 Å². The second-order valence-corrected chi connectivity index (χ2v) is 8.55. The maximum absolute atomic E-state index is 11.0. The maximum atomic E-state index is 11.0. The number of phenols is 2. The molecule has 5 aromatic rings. The second-order valence-electron chi connectivity index (χ2n) is 6.86. The van der Waals surface area contributed by atoms with Gasteiger partial charge in [-0.25, -0.2) is 0 Å². The first-order valence-corrected chi connectivity index (χ1v) is 11.4. The monoisotopic (exact) mass is 402 g/mol. The smallest absolute Gasteiger partial charge is 0.131 e. The van der Waals surface area contributed by atoms with Crippen molar-refractivity contribution in [3.63, 3.8) is 0 Å². The first kappa shape index (κ1) is 17.5. The van der Waals surface area contributed by atoms with Crippen LogP contribution in [0.5, 0.6) is 11.5 Å². The topological polar surface area (TPSA) is 40.5 Å². The number of thioether (sulfide) groups is 2. The molecule has 0 heterocycles. The Morgan fingerprint density at radius 1 is 0.536 bits per heavy atom. The largest absolute Gasteiger partial charge is 0.507 e. The first-order valence-electron chi connectivity index (χ1n) is 8.97. The van der Waals surface area contributed by atoms with Gasteiger partial charge in [-0.05, 0) is 70.5 Å². The fourth-order valence-electron chi connectivity index (χ4n) is 4.04. The molecule has 2 N–H and O–H groups in total. The van der Waals surface area contributed by atoms with Crippen LogP contribution in [0.2, 0.25) is 0 Å². The lowest BCUT2D eigenvalue weighted by Gasteiger charge is -2.13. The van der Waals surface area contributed by atoms with Gasteiger partial charge in [0.25, 0.3) is 0 Å². The zero-order valence-electron chi connectivity index (χ0n) is 15.5. The van der Waals surface area contributed by atoms with Crippen molar-refractivity contribution in [2.75, 3.05) is 12.5 Å². The van der Waals surface area contributed by atoms with Crippen molar-refractivity contribution in [1.29, 1.82) is 0 Å². The third kappa shape index (κ3) is 2.45. The molecule has 0 aromatic heterocycles. The average molecular weight is 403 g/mol. The molecule has 0 saturated carbocycles. The van der Waals surface area contributed by atoms with Gasteiger partial charge in [0, 0.05) is 31.3 Å². The van der Waals surface area contributed by atoms with Crippen LogP contribution in [0.15, 0.2) is 70.5 Å². The summed E-state index contributed by atoms with van der Waals surface area (Å²) in [6, 6.07) is 20.2. The van der Waals surface area contributed by atoms with Crippen LogP contribution in [0, 0.1) is 0 Å². The highest BCUT2D eigenvalue weighted by Gasteiger charge is 2.14. The molecule has 4 heteroatoms. The van der Waals surface area contributed by atoms with E-state index in [4.69, 9.17) is 0 Å². The van der Waals surface area contributed by atoms with E-state index in [-0.39, 0.29) is 11.5 Å². The van der Waals surface area contributed by atoms with E-state index < -0.39 is 0 Å². The Balaban J connectivity index is 1.96. The van der Waals surface area contributed by atoms with Crippen LogP contribution in [0.25, 0.3) is 43.1 Å². The Hall–Kier alpha value is -2.56. The number of benzene rings is 5. The first-order chi connectivity index (χ1) is 13.6. The fourth-order valence-corrected chi connectivity index (χ4v) is 5.25. The Bertz CT molecular complexity index is 1300. The Labute approximate surface area is 171 Å². The summed E-state index contributed by atoms with van der Waals surface area (Å²) >= 11 is 3.35. The molecule has 0 unspecified atom stereocenters. The summed E-state index contributed by atoms with van der Waals surface area (Å²) in [5.74, 6) is 0.533. The minimum absolute atomic E-state index is 0.266. The van der Waals surface area contributed by atoms with E-state index in [1.165, 1.54) is 0 Å². The van der Waals surface area contributed by atoms with Crippen molar-refractivity contribution >= 4 is 66.6 Å². The van der Waals surface area contributed by atoms with E-state index in [0.29, 0.717) is 0 Å². The molecule has 0 radical (unpaired) electrons. The molecule has 0 fully saturated rings. The Kier molecular flexibility index (Phi) is 4.07. The van der Waals surface area contributed by atoms with Crippen LogP contribution in [-0.4, -0.2) is 22.7 Å². The summed E-state index contributed by atoms with van der Waals surface area (Å²) in [5.41, 5.74) is 0. The molecule has 0 aliphatic rings. The highest BCUT2D eigenvalue weighted by atomic mass is 32.2. The highest BCUT2D eigenvalue weighted by Crippen LogP contribution is 2.43. The summed E-state index contributed by atoms with van der Waals surface area (Å²) in [6.07, 6.45) is 4.09. The van der Waals surface area contributed by atoms with Crippen LogP contribution in [-0.2, 0) is 0 Å². The quantitative estimate of drug-likeness (QED) is 0.243. The average Bonchev–Trinajstić information content (AvgIpc) is 2.72. The molecule has 0 bridgehead atoms. The predicted octanol–water partition coefficient (Wildman–Crippen LogP) is 7.15. The molecule has 5 aromatic carbocycles. The summed E-state index contributed by atoms with van der Waals surface area (Å²) in [5, 5.41) is 29.2. The molecule has 0 amide bonds. The van der Waals surface area contributed by atoms with Gasteiger partial charge in [0.1, 0.15) is 11.5 Å². The van der Waals surface area contributed by atoms with E-state index in [1.807, 2.05) is 42.8 Å². The van der Waals surface area contributed by atoms with E-state index in [2.05, 4.69) is 30.3 Å². The normalized spacial score (nSPS) is 11.8. The van der Waals surface area contributed by atoms with Crippen LogP contribution in [0.1, 0.15) is 0 Å². The van der Waals surface area contributed by atoms with Crippen molar-refractivity contribution in [2.45, 2.75) is 9.79 Å². The highest BCUT2D eigenvalue weighted by molar-refractivity contribution is 7.99. The molecule has 138 valence electrons. The summed E-state index contributed by atoms with van der Waals surface area (Å²) in [4.78, 5) is 2.28. The van der Waals surface area contributed by atoms with Crippen molar-refractivity contribution in [3.05, 3.63) is 60.7 Å². The standard InChI is InChI=1S/C24H18O2S2/c1-27-21-7-3-5-15-19(21)10-13-9-14-11-20-16(6-4-8-22(20)28-2)24(26)18(14)12-17(13)23(15)25/h3-12,25-26H,1-2H3. The van der Waals surface area contributed by atoms with Gasteiger partial charge in [0.2, 0.25) is 0 Å². The molecular weight excluding hydrogens is 384 g/mol. The Morgan fingerprint density at radius 3 is 1.43 bits per heavy atom. The number of rotatable bonds is 2. The molecule has 0 saturated heterocycles. The van der Waals surface area contributed by atoms with Gasteiger partial charge in [-0.15, -0.1) is 23.5 Å². The van der Waals surface area contributed by atoms with E-state index in [9.17, 15) is 10.2 Å². The van der Waals surface area contributed by atoms with Gasteiger partial charge in [-0.1, -0.05) is 24.3 Å². The number of phenolic OH excluding ortho intramolecular Hbond substituents is 2. The number of fused-ring (bicyclic) bond motifs is 4. The third-order valence-electron chi connectivity index (χ3n) is 5.41. The fraction of sp³-hybridized carbons (Fsp3) is 0.0833. The van der Waals surface area contributed by atoms with Crippen molar-refractivity contribution < 1.29 is 10.2 Å². The van der Waals surface area contributed by atoms with Gasteiger partial charge < -0.3 is 10.2 Å². The van der Waals surface area contributed by atoms with Crippen molar-refractivity contribution in [3.8, 4) is 11.5 Å². The lowest BCUT2D eigenvalue weighted by Crippen LogP contribution is -1.85. The van der Waals surface area contributed by atoms with Gasteiger partial charge in [0.15, 0.2) is 0 Å². The molecule has 0 atom stereocenters. The van der Waals surface area contributed by atoms with E-state index >= 15 is 0 Å². The number of hydrogen-bond acceptors (Lipinski definition) is 4. The molecule has 5 rings (SSSR count). The summed E-state index contributed by atoms with van der Waals surface area (Å²) in [7, 11) is 0. The third-order valence-corrected chi connectivity index (χ3v) is 7.01. The molecule has 0 aliphatic carbocycles. The van der Waals surface area contributed by atoms with E-state index in [0.717, 1.165) is 52.9 Å². The zero-order chi connectivity index (χ0) is 19.4. The van der Waals surface area contributed by atoms with Gasteiger partial charge in [0.05, 0.1) is 0 Å². The van der Waals surface area contributed by atoms with Gasteiger partial charge in [-0.2, -0.15) is 0 Å². The van der Waals surface area contributed by atoms with Crippen LogP contribution >= 0.6 is 23.5 Å². The Morgan fingerprint density at radius 2 is 1.00 bits per heavy atom. The van der Waals surface area contributed by atoms with Crippen molar-refractivity contribution in [2.24, 2.45) is 0 Å². The van der Waals surface area contributed by atoms with Crippen LogP contribution < -0.4 is 0 Å². The SMILES string of the molecule is CSc1cccc2c(O)c3cc4c(O)c5cccc(SC)c5cc4cc3cc12. The maximum Gasteiger partial charge on any atom is 0.131 e. The minimum Gasteiger partial charge on any atom is -0.507 e. The summed E-state index contributed by atoms with van der Waals surface area (Å²) < 4.78 is 0. The van der Waals surface area contributed by atoms with E-state index in [1.54, 1.807) is 23.5 Å². The second kappa shape index (κ2) is 6.50. The molecular formula is C24H18O2S2. The van der Waals surface area contributed by atoms with Gasteiger partial charge >= 0.3 is 0 Å². The molecule has 28 heavy (non-hydrogen) atoms. The van der Waals surface area contributed by atoms with Crippen molar-refractivity contribution in [1.82, 2.24) is 0 Å².